The van der Waals surface area contributed by atoms with E-state index in [1.807, 2.05) is 36.6 Å². The normalized spacial score (nSPS) is 10.7. The number of halogens is 2. The summed E-state index contributed by atoms with van der Waals surface area (Å²) in [4.78, 5) is 24.9. The molecular weight excluding hydrogens is 485 g/mol. The molecule has 11 heteroatoms. The molecule has 1 aromatic heterocycles. The lowest BCUT2D eigenvalue weighted by atomic mass is 10.2. The van der Waals surface area contributed by atoms with Crippen LogP contribution in [0.5, 0.6) is 5.75 Å². The van der Waals surface area contributed by atoms with Crippen molar-refractivity contribution in [3.63, 3.8) is 0 Å². The van der Waals surface area contributed by atoms with Gasteiger partial charge in [-0.1, -0.05) is 41.0 Å². The smallest absolute Gasteiger partial charge is 0.253 e. The SMILES string of the molecule is CCn1c(CNC(=O)c2ccc(Cl)cc2Cl)nnc1SCC(=O)Nc1cc(C)ccc1OC. The van der Waals surface area contributed by atoms with Crippen LogP contribution < -0.4 is 15.4 Å². The first kappa shape index (κ1) is 24.9. The highest BCUT2D eigenvalue weighted by molar-refractivity contribution is 7.99. The Bertz CT molecular complexity index is 1170. The van der Waals surface area contributed by atoms with E-state index in [2.05, 4.69) is 20.8 Å². The molecule has 174 valence electrons. The van der Waals surface area contributed by atoms with E-state index in [-0.39, 0.29) is 29.1 Å². The number of nitrogens with one attached hydrogen (secondary N) is 2. The third-order valence-corrected chi connectivity index (χ3v) is 6.17. The van der Waals surface area contributed by atoms with Crippen molar-refractivity contribution >= 4 is 52.5 Å². The van der Waals surface area contributed by atoms with E-state index >= 15 is 0 Å². The van der Waals surface area contributed by atoms with Crippen LogP contribution in [0, 0.1) is 6.92 Å². The van der Waals surface area contributed by atoms with Crippen molar-refractivity contribution in [2.75, 3.05) is 18.2 Å². The maximum atomic E-state index is 12.5. The number of hydrogen-bond donors (Lipinski definition) is 2. The Balaban J connectivity index is 1.60. The van der Waals surface area contributed by atoms with Gasteiger partial charge in [0.05, 0.1) is 35.7 Å². The maximum Gasteiger partial charge on any atom is 0.253 e. The largest absolute Gasteiger partial charge is 0.495 e. The molecule has 0 radical (unpaired) electrons. The van der Waals surface area contributed by atoms with Gasteiger partial charge in [-0.15, -0.1) is 10.2 Å². The van der Waals surface area contributed by atoms with Gasteiger partial charge in [0.25, 0.3) is 5.91 Å². The predicted molar refractivity (Wildman–Crippen MR) is 130 cm³/mol. The first-order valence-electron chi connectivity index (χ1n) is 10.0. The van der Waals surface area contributed by atoms with Crippen molar-refractivity contribution in [3.8, 4) is 5.75 Å². The van der Waals surface area contributed by atoms with Gasteiger partial charge in [-0.2, -0.15) is 0 Å². The number of rotatable bonds is 9. The van der Waals surface area contributed by atoms with Crippen molar-refractivity contribution in [2.45, 2.75) is 32.1 Å². The summed E-state index contributed by atoms with van der Waals surface area (Å²) >= 11 is 13.2. The van der Waals surface area contributed by atoms with Crippen LogP contribution in [0.4, 0.5) is 5.69 Å². The van der Waals surface area contributed by atoms with Gasteiger partial charge in [0.2, 0.25) is 5.91 Å². The minimum atomic E-state index is -0.344. The predicted octanol–water partition coefficient (Wildman–Crippen LogP) is 4.58. The molecule has 2 aromatic carbocycles. The van der Waals surface area contributed by atoms with E-state index in [9.17, 15) is 9.59 Å². The standard InChI is InChI=1S/C22H23Cl2N5O3S/c1-4-29-19(11-25-21(31)15-7-6-14(23)10-16(15)24)27-28-22(29)33-12-20(30)26-17-9-13(2)5-8-18(17)32-3/h5-10H,4,11-12H2,1-3H3,(H,25,31)(H,26,30). The lowest BCUT2D eigenvalue weighted by Crippen LogP contribution is -2.25. The van der Waals surface area contributed by atoms with E-state index in [0.717, 1.165) is 5.56 Å². The second-order valence-corrected chi connectivity index (χ2v) is 8.78. The monoisotopic (exact) mass is 507 g/mol. The van der Waals surface area contributed by atoms with Gasteiger partial charge in [0, 0.05) is 11.6 Å². The molecule has 0 saturated carbocycles. The number of thioether (sulfide) groups is 1. The number of carbonyl (C=O) groups excluding carboxylic acids is 2. The van der Waals surface area contributed by atoms with Gasteiger partial charge in [-0.3, -0.25) is 9.59 Å². The molecule has 33 heavy (non-hydrogen) atoms. The minimum Gasteiger partial charge on any atom is -0.495 e. The molecule has 3 aromatic rings. The Kier molecular flexibility index (Phi) is 8.60. The van der Waals surface area contributed by atoms with Gasteiger partial charge in [0.1, 0.15) is 5.75 Å². The number of nitrogens with zero attached hydrogens (tertiary/aromatic N) is 3. The number of methoxy groups -OCH3 is 1. The molecule has 0 atom stereocenters. The lowest BCUT2D eigenvalue weighted by molar-refractivity contribution is -0.113. The number of aryl methyl sites for hydroxylation is 1. The fourth-order valence-electron chi connectivity index (χ4n) is 3.04. The zero-order valence-corrected chi connectivity index (χ0v) is 20.6. The van der Waals surface area contributed by atoms with Crippen LogP contribution in [0.15, 0.2) is 41.6 Å². The number of aromatic nitrogens is 3. The van der Waals surface area contributed by atoms with Crippen LogP contribution in [0.3, 0.4) is 0 Å². The fraction of sp³-hybridized carbons (Fsp3) is 0.273. The third-order valence-electron chi connectivity index (χ3n) is 4.65. The number of ether oxygens (including phenoxy) is 1. The Morgan fingerprint density at radius 3 is 2.64 bits per heavy atom. The van der Waals surface area contributed by atoms with E-state index in [4.69, 9.17) is 27.9 Å². The van der Waals surface area contributed by atoms with Gasteiger partial charge >= 0.3 is 0 Å². The molecule has 1 heterocycles. The molecule has 2 amide bonds. The molecule has 3 rings (SSSR count). The Morgan fingerprint density at radius 2 is 1.94 bits per heavy atom. The van der Waals surface area contributed by atoms with Crippen molar-refractivity contribution in [2.24, 2.45) is 0 Å². The third kappa shape index (κ3) is 6.40. The molecule has 0 aliphatic rings. The highest BCUT2D eigenvalue weighted by Crippen LogP contribution is 2.26. The van der Waals surface area contributed by atoms with Crippen molar-refractivity contribution in [1.82, 2.24) is 20.1 Å². The van der Waals surface area contributed by atoms with Crippen LogP contribution in [-0.4, -0.2) is 39.4 Å². The second-order valence-electron chi connectivity index (χ2n) is 6.99. The zero-order chi connectivity index (χ0) is 24.0. The molecule has 8 nitrogen and oxygen atoms in total. The number of carbonyl (C=O) groups is 2. The average molecular weight is 508 g/mol. The summed E-state index contributed by atoms with van der Waals surface area (Å²) in [7, 11) is 1.56. The summed E-state index contributed by atoms with van der Waals surface area (Å²) in [5, 5.41) is 15.3. The Morgan fingerprint density at radius 1 is 1.15 bits per heavy atom. The van der Waals surface area contributed by atoms with Crippen molar-refractivity contribution in [1.29, 1.82) is 0 Å². The van der Waals surface area contributed by atoms with Crippen LogP contribution in [0.2, 0.25) is 10.0 Å². The quantitative estimate of drug-likeness (QED) is 0.411. The van der Waals surface area contributed by atoms with E-state index < -0.39 is 0 Å². The molecule has 0 unspecified atom stereocenters. The summed E-state index contributed by atoms with van der Waals surface area (Å²) in [6, 6.07) is 10.2. The first-order valence-corrected chi connectivity index (χ1v) is 11.8. The summed E-state index contributed by atoms with van der Waals surface area (Å²) in [6.07, 6.45) is 0. The summed E-state index contributed by atoms with van der Waals surface area (Å²) in [5.74, 6) is 0.764. The van der Waals surface area contributed by atoms with Gasteiger partial charge in [-0.05, 0) is 49.7 Å². The second kappa shape index (κ2) is 11.4. The topological polar surface area (TPSA) is 98.1 Å². The fourth-order valence-corrected chi connectivity index (χ4v) is 4.35. The number of amides is 2. The van der Waals surface area contributed by atoms with Gasteiger partial charge < -0.3 is 19.9 Å². The van der Waals surface area contributed by atoms with Crippen molar-refractivity contribution < 1.29 is 14.3 Å². The lowest BCUT2D eigenvalue weighted by Gasteiger charge is -2.11. The molecule has 0 fully saturated rings. The molecule has 0 spiro atoms. The Labute approximate surface area is 206 Å². The van der Waals surface area contributed by atoms with Crippen LogP contribution in [0.25, 0.3) is 0 Å². The maximum absolute atomic E-state index is 12.5. The molecule has 0 aliphatic carbocycles. The van der Waals surface area contributed by atoms with E-state index in [0.29, 0.717) is 39.5 Å². The van der Waals surface area contributed by atoms with Crippen LogP contribution in [0.1, 0.15) is 28.7 Å². The number of anilines is 1. The highest BCUT2D eigenvalue weighted by Gasteiger charge is 2.16. The molecule has 0 aliphatic heterocycles. The first-order chi connectivity index (χ1) is 15.8. The van der Waals surface area contributed by atoms with Gasteiger partial charge in [-0.25, -0.2) is 0 Å². The highest BCUT2D eigenvalue weighted by atomic mass is 35.5. The Hall–Kier alpha value is -2.75. The van der Waals surface area contributed by atoms with Crippen molar-refractivity contribution in [3.05, 3.63) is 63.4 Å². The van der Waals surface area contributed by atoms with Crippen LogP contribution in [-0.2, 0) is 17.9 Å². The summed E-state index contributed by atoms with van der Waals surface area (Å²) < 4.78 is 7.14. The summed E-state index contributed by atoms with van der Waals surface area (Å²) in [5.41, 5.74) is 1.95. The molecular formula is C22H23Cl2N5O3S. The van der Waals surface area contributed by atoms with Crippen LogP contribution >= 0.6 is 35.0 Å². The summed E-state index contributed by atoms with van der Waals surface area (Å²) in [6.45, 7) is 4.61. The van der Waals surface area contributed by atoms with E-state index in [1.165, 1.54) is 17.8 Å². The number of hydrogen-bond acceptors (Lipinski definition) is 6. The average Bonchev–Trinajstić information content (AvgIpc) is 3.18. The van der Waals surface area contributed by atoms with E-state index in [1.54, 1.807) is 19.2 Å². The molecule has 0 bridgehead atoms. The zero-order valence-electron chi connectivity index (χ0n) is 18.3. The van der Waals surface area contributed by atoms with Gasteiger partial charge in [0.15, 0.2) is 11.0 Å². The molecule has 0 saturated heterocycles. The molecule has 2 N–H and O–H groups in total. The number of benzene rings is 2. The minimum absolute atomic E-state index is 0.141.